The van der Waals surface area contributed by atoms with Gasteiger partial charge in [0.1, 0.15) is 0 Å². The Morgan fingerprint density at radius 1 is 0.300 bits per heavy atom. The SMILES string of the molecule is C.Cc1cc(N(c2ccccc2)c2ccccc2)cc(C)c1-c1ccc2c(c1)C1(C)CCC2(C)C1.Cc1cc(N(c2ccccc2)c2ccccc2)cc(C)c1-c1ccc2c(c1)C1(C)CCC2(C)CC1. The molecular weight excluding hydrogens is 845 g/mol. The van der Waals surface area contributed by atoms with E-state index in [0.717, 1.165) is 0 Å². The first-order chi connectivity index (χ1) is 33.3. The van der Waals surface area contributed by atoms with E-state index in [-0.39, 0.29) is 7.43 Å². The van der Waals surface area contributed by atoms with Gasteiger partial charge in [0.05, 0.1) is 0 Å². The molecule has 13 rings (SSSR count). The Hall–Kier alpha value is -6.64. The normalized spacial score (nSPS) is 22.3. The van der Waals surface area contributed by atoms with Gasteiger partial charge in [-0.1, -0.05) is 144 Å². The van der Waals surface area contributed by atoms with Gasteiger partial charge in [0.2, 0.25) is 0 Å². The molecule has 0 radical (unpaired) electrons. The number of hydrogen-bond donors (Lipinski definition) is 0. The lowest BCUT2D eigenvalue weighted by Gasteiger charge is -2.52. The zero-order valence-electron chi connectivity index (χ0n) is 42.2. The van der Waals surface area contributed by atoms with E-state index in [9.17, 15) is 0 Å². The average molecular weight is 917 g/mol. The Labute approximate surface area is 420 Å². The summed E-state index contributed by atoms with van der Waals surface area (Å²) in [5, 5.41) is 0. The second-order valence-corrected chi connectivity index (χ2v) is 22.4. The zero-order chi connectivity index (χ0) is 47.7. The van der Waals surface area contributed by atoms with Gasteiger partial charge in [0.25, 0.3) is 0 Å². The number of rotatable bonds is 8. The first-order valence-electron chi connectivity index (χ1n) is 25.6. The summed E-state index contributed by atoms with van der Waals surface area (Å²) in [6.45, 7) is 19.0. The van der Waals surface area contributed by atoms with Crippen LogP contribution in [0.25, 0.3) is 22.3 Å². The molecule has 2 atom stereocenters. The van der Waals surface area contributed by atoms with Crippen LogP contribution in [0.1, 0.15) is 125 Å². The summed E-state index contributed by atoms with van der Waals surface area (Å²) >= 11 is 0. The van der Waals surface area contributed by atoms with Crippen LogP contribution in [-0.4, -0.2) is 0 Å². The quantitative estimate of drug-likeness (QED) is 0.150. The topological polar surface area (TPSA) is 6.48 Å². The highest BCUT2D eigenvalue weighted by Gasteiger charge is 2.53. The van der Waals surface area contributed by atoms with Crippen LogP contribution in [0.2, 0.25) is 0 Å². The summed E-state index contributed by atoms with van der Waals surface area (Å²) in [6.07, 6.45) is 9.25. The van der Waals surface area contributed by atoms with E-state index < -0.39 is 0 Å². The summed E-state index contributed by atoms with van der Waals surface area (Å²) < 4.78 is 0. The van der Waals surface area contributed by atoms with Crippen molar-refractivity contribution in [1.29, 1.82) is 0 Å². The molecule has 70 heavy (non-hydrogen) atoms. The summed E-state index contributed by atoms with van der Waals surface area (Å²) in [5.41, 5.74) is 25.7. The minimum absolute atomic E-state index is 0. The molecule has 0 N–H and O–H groups in total. The molecule has 4 bridgehead atoms. The van der Waals surface area contributed by atoms with Crippen LogP contribution in [0.4, 0.5) is 34.1 Å². The van der Waals surface area contributed by atoms with Crippen LogP contribution in [0.15, 0.2) is 182 Å². The van der Waals surface area contributed by atoms with Crippen molar-refractivity contribution in [3.05, 3.63) is 226 Å². The van der Waals surface area contributed by atoms with Gasteiger partial charge < -0.3 is 9.80 Å². The van der Waals surface area contributed by atoms with Crippen LogP contribution in [-0.2, 0) is 21.7 Å². The van der Waals surface area contributed by atoms with Crippen LogP contribution < -0.4 is 9.80 Å². The van der Waals surface area contributed by atoms with Crippen molar-refractivity contribution in [2.75, 3.05) is 9.80 Å². The van der Waals surface area contributed by atoms with E-state index in [0.29, 0.717) is 21.7 Å². The van der Waals surface area contributed by atoms with Crippen molar-refractivity contribution < 1.29 is 0 Å². The Morgan fingerprint density at radius 2 is 0.571 bits per heavy atom. The number of anilines is 6. The minimum Gasteiger partial charge on any atom is -0.310 e. The summed E-state index contributed by atoms with van der Waals surface area (Å²) in [5.74, 6) is 0. The van der Waals surface area contributed by atoms with Gasteiger partial charge >= 0.3 is 0 Å². The van der Waals surface area contributed by atoms with Gasteiger partial charge in [-0.2, -0.15) is 0 Å². The van der Waals surface area contributed by atoms with E-state index in [1.54, 1.807) is 22.3 Å². The smallest absolute Gasteiger partial charge is 0.0467 e. The van der Waals surface area contributed by atoms with Crippen molar-refractivity contribution in [3.63, 3.8) is 0 Å². The van der Waals surface area contributed by atoms with Crippen molar-refractivity contribution in [2.45, 2.75) is 129 Å². The molecule has 5 aliphatic carbocycles. The summed E-state index contributed by atoms with van der Waals surface area (Å²) in [6, 6.07) is 66.8. The summed E-state index contributed by atoms with van der Waals surface area (Å²) in [7, 11) is 0. The molecule has 354 valence electrons. The van der Waals surface area contributed by atoms with E-state index in [2.05, 4.69) is 247 Å². The molecule has 8 aromatic carbocycles. The molecule has 5 aliphatic rings. The molecule has 0 heterocycles. The molecule has 2 unspecified atom stereocenters. The van der Waals surface area contributed by atoms with Gasteiger partial charge in [-0.15, -0.1) is 0 Å². The Balaban J connectivity index is 0.000000160. The molecule has 0 spiro atoms. The second-order valence-electron chi connectivity index (χ2n) is 22.4. The Morgan fingerprint density at radius 3 is 0.914 bits per heavy atom. The third-order valence-electron chi connectivity index (χ3n) is 17.3. The fraction of sp³-hybridized carbons (Fsp3) is 0.294. The molecule has 2 nitrogen and oxygen atoms in total. The number of aryl methyl sites for hydroxylation is 4. The number of para-hydroxylation sites is 4. The van der Waals surface area contributed by atoms with Crippen LogP contribution in [0.5, 0.6) is 0 Å². The second kappa shape index (κ2) is 18.0. The molecule has 0 aliphatic heterocycles. The molecule has 0 amide bonds. The van der Waals surface area contributed by atoms with Crippen molar-refractivity contribution in [3.8, 4) is 22.3 Å². The molecule has 0 aromatic heterocycles. The predicted octanol–water partition coefficient (Wildman–Crippen LogP) is 19.3. The lowest BCUT2D eigenvalue weighted by Crippen LogP contribution is -2.44. The van der Waals surface area contributed by atoms with Crippen molar-refractivity contribution in [2.24, 2.45) is 0 Å². The number of nitrogens with zero attached hydrogens (tertiary/aromatic N) is 2. The average Bonchev–Trinajstić information content (AvgIpc) is 3.80. The van der Waals surface area contributed by atoms with Crippen LogP contribution in [0.3, 0.4) is 0 Å². The highest BCUT2D eigenvalue weighted by atomic mass is 15.1. The molecule has 2 fully saturated rings. The van der Waals surface area contributed by atoms with Crippen molar-refractivity contribution in [1.82, 2.24) is 0 Å². The van der Waals surface area contributed by atoms with E-state index in [1.807, 2.05) is 0 Å². The number of hydrogen-bond acceptors (Lipinski definition) is 2. The number of benzene rings is 8. The maximum Gasteiger partial charge on any atom is 0.0467 e. The van der Waals surface area contributed by atoms with E-state index >= 15 is 0 Å². The van der Waals surface area contributed by atoms with E-state index in [1.165, 1.54) is 124 Å². The largest absolute Gasteiger partial charge is 0.310 e. The summed E-state index contributed by atoms with van der Waals surface area (Å²) in [4.78, 5) is 4.71. The number of fused-ring (bicyclic) bond motifs is 7. The van der Waals surface area contributed by atoms with Gasteiger partial charge in [-0.05, 0) is 234 Å². The lowest BCUT2D eigenvalue weighted by atomic mass is 9.52. The van der Waals surface area contributed by atoms with E-state index in [4.69, 9.17) is 0 Å². The highest BCUT2D eigenvalue weighted by molar-refractivity contribution is 5.84. The maximum atomic E-state index is 2.53. The van der Waals surface area contributed by atoms with Crippen LogP contribution >= 0.6 is 0 Å². The molecular formula is C68H72N2. The maximum absolute atomic E-state index is 2.53. The minimum atomic E-state index is 0. The van der Waals surface area contributed by atoms with Crippen LogP contribution in [0, 0.1) is 27.7 Å². The predicted molar refractivity (Wildman–Crippen MR) is 301 cm³/mol. The lowest BCUT2D eigenvalue weighted by molar-refractivity contribution is 0.188. The zero-order valence-corrected chi connectivity index (χ0v) is 42.2. The van der Waals surface area contributed by atoms with Gasteiger partial charge in [-0.25, -0.2) is 0 Å². The van der Waals surface area contributed by atoms with Gasteiger partial charge in [0.15, 0.2) is 0 Å². The Bertz CT molecular complexity index is 3050. The van der Waals surface area contributed by atoms with Gasteiger partial charge in [-0.3, -0.25) is 0 Å². The highest BCUT2D eigenvalue weighted by Crippen LogP contribution is 2.61. The fourth-order valence-electron chi connectivity index (χ4n) is 13.6. The molecule has 2 saturated carbocycles. The standard InChI is InChI=1S/C34H35N.C33H33N.CH4/c1-24-21-29(35(27-11-7-5-8-12-27)28-13-9-6-10-14-28)22-25(2)32(24)26-15-16-30-31(23-26)34(4)19-17-33(30,3)18-20-34;1-23-19-28(34(26-11-7-5-8-12-26)27-13-9-6-10-14-27)20-24(2)31(23)25-15-16-29-30(21-25)33(4)18-17-32(29,3)22-33;/h5-16,21-23H,17-20H2,1-4H3;5-16,19-21H,17-18,22H2,1-4H3;1H4. The molecule has 2 heteroatoms. The Kier molecular flexibility index (Phi) is 12.1. The van der Waals surface area contributed by atoms with Crippen molar-refractivity contribution >= 4 is 34.1 Å². The van der Waals surface area contributed by atoms with Gasteiger partial charge in [0, 0.05) is 34.1 Å². The molecule has 0 saturated heterocycles. The molecule has 8 aromatic rings. The fourth-order valence-corrected chi connectivity index (χ4v) is 13.6. The third-order valence-corrected chi connectivity index (χ3v) is 17.3. The third kappa shape index (κ3) is 8.08. The monoisotopic (exact) mass is 917 g/mol. The first-order valence-corrected chi connectivity index (χ1v) is 25.6. The first kappa shape index (κ1) is 47.1.